The average molecular weight is 330 g/mol. The van der Waals surface area contributed by atoms with E-state index in [4.69, 9.17) is 0 Å². The maximum atomic E-state index is 13.2. The predicted molar refractivity (Wildman–Crippen MR) is 91.8 cm³/mol. The molecule has 3 aliphatic heterocycles. The van der Waals surface area contributed by atoms with Gasteiger partial charge < -0.3 is 20.4 Å². The second-order valence-corrected chi connectivity index (χ2v) is 7.81. The number of benzene rings is 1. The molecule has 0 aliphatic carbocycles. The molecular formula is C19H26N2O3. The van der Waals surface area contributed by atoms with Crippen molar-refractivity contribution in [1.29, 1.82) is 0 Å². The number of fused-ring (bicyclic) bond motifs is 5. The Morgan fingerprint density at radius 2 is 2.17 bits per heavy atom. The zero-order chi connectivity index (χ0) is 17.1. The lowest BCUT2D eigenvalue weighted by Gasteiger charge is -2.38. The van der Waals surface area contributed by atoms with Crippen molar-refractivity contribution < 1.29 is 15.0 Å². The summed E-state index contributed by atoms with van der Waals surface area (Å²) in [5.41, 5.74) is 1.60. The molecule has 6 atom stereocenters. The molecular weight excluding hydrogens is 304 g/mol. The minimum Gasteiger partial charge on any atom is -0.396 e. The van der Waals surface area contributed by atoms with Crippen LogP contribution < -0.4 is 10.2 Å². The normalized spacial score (nSPS) is 38.7. The first kappa shape index (κ1) is 16.1. The number of hydrogen-bond donors (Lipinski definition) is 3. The van der Waals surface area contributed by atoms with E-state index in [2.05, 4.69) is 11.4 Å². The molecule has 0 saturated carbocycles. The number of carbonyl (C=O) groups is 1. The highest BCUT2D eigenvalue weighted by Crippen LogP contribution is 2.54. The highest BCUT2D eigenvalue weighted by atomic mass is 16.3. The monoisotopic (exact) mass is 330 g/mol. The van der Waals surface area contributed by atoms with Gasteiger partial charge in [0.1, 0.15) is 0 Å². The average Bonchev–Trinajstić information content (AvgIpc) is 2.97. The van der Waals surface area contributed by atoms with Gasteiger partial charge in [0.2, 0.25) is 5.91 Å². The third-order valence-electron chi connectivity index (χ3n) is 6.50. The van der Waals surface area contributed by atoms with Crippen molar-refractivity contribution in [1.82, 2.24) is 5.32 Å². The minimum atomic E-state index is -0.517. The first-order chi connectivity index (χ1) is 11.5. The van der Waals surface area contributed by atoms with Crippen molar-refractivity contribution in [2.45, 2.75) is 49.8 Å². The fourth-order valence-corrected chi connectivity index (χ4v) is 5.49. The van der Waals surface area contributed by atoms with E-state index < -0.39 is 5.41 Å². The quantitative estimate of drug-likeness (QED) is 0.774. The number of anilines is 1. The smallest absolute Gasteiger partial charge is 0.239 e. The summed E-state index contributed by atoms with van der Waals surface area (Å²) < 4.78 is 0. The van der Waals surface area contributed by atoms with Gasteiger partial charge in [0, 0.05) is 37.3 Å². The fourth-order valence-electron chi connectivity index (χ4n) is 5.49. The summed E-state index contributed by atoms with van der Waals surface area (Å²) in [7, 11) is 1.86. The molecule has 2 saturated heterocycles. The Morgan fingerprint density at radius 1 is 1.42 bits per heavy atom. The van der Waals surface area contributed by atoms with E-state index in [1.54, 1.807) is 11.8 Å². The van der Waals surface area contributed by atoms with Crippen LogP contribution in [0.5, 0.6) is 0 Å². The minimum absolute atomic E-state index is 0.0765. The molecule has 2 bridgehead atoms. The van der Waals surface area contributed by atoms with Gasteiger partial charge in [-0.15, -0.1) is 0 Å². The van der Waals surface area contributed by atoms with Crippen molar-refractivity contribution >= 4 is 11.6 Å². The number of hydrogen-bond acceptors (Lipinski definition) is 4. The SMILES string of the molecule is C[C@H](O)C[C@@H]1C[C@@H]2N[C@@H](C[C@@]23C(=O)N(C)c2ccccc23)[C@@H]1CO. The molecule has 0 unspecified atom stereocenters. The van der Waals surface area contributed by atoms with Gasteiger partial charge >= 0.3 is 0 Å². The van der Waals surface area contributed by atoms with Crippen LogP contribution in [0.3, 0.4) is 0 Å². The van der Waals surface area contributed by atoms with E-state index in [0.29, 0.717) is 6.42 Å². The lowest BCUT2D eigenvalue weighted by Crippen LogP contribution is -2.52. The summed E-state index contributed by atoms with van der Waals surface area (Å²) >= 11 is 0. The van der Waals surface area contributed by atoms with Crippen LogP contribution in [0, 0.1) is 11.8 Å². The lowest BCUT2D eigenvalue weighted by atomic mass is 9.73. The van der Waals surface area contributed by atoms with E-state index in [1.807, 2.05) is 25.2 Å². The van der Waals surface area contributed by atoms with Crippen molar-refractivity contribution in [2.75, 3.05) is 18.6 Å². The van der Waals surface area contributed by atoms with E-state index in [-0.39, 0.29) is 42.5 Å². The number of amides is 1. The molecule has 0 radical (unpaired) electrons. The summed E-state index contributed by atoms with van der Waals surface area (Å²) in [6.45, 7) is 1.90. The van der Waals surface area contributed by atoms with Crippen LogP contribution in [0.1, 0.15) is 31.7 Å². The predicted octanol–water partition coefficient (Wildman–Crippen LogP) is 1.03. The highest BCUT2D eigenvalue weighted by molar-refractivity contribution is 6.08. The van der Waals surface area contributed by atoms with Gasteiger partial charge in [-0.1, -0.05) is 18.2 Å². The molecule has 3 heterocycles. The van der Waals surface area contributed by atoms with Gasteiger partial charge in [-0.2, -0.15) is 0 Å². The Hall–Kier alpha value is -1.43. The molecule has 1 amide bonds. The van der Waals surface area contributed by atoms with Gasteiger partial charge in [-0.3, -0.25) is 4.79 Å². The Morgan fingerprint density at radius 3 is 2.88 bits per heavy atom. The summed E-state index contributed by atoms with van der Waals surface area (Å²) in [5.74, 6) is 0.510. The summed E-state index contributed by atoms with van der Waals surface area (Å²) in [4.78, 5) is 15.0. The number of aliphatic hydroxyl groups excluding tert-OH is 2. The Balaban J connectivity index is 1.76. The summed E-state index contributed by atoms with van der Waals surface area (Å²) in [6, 6.07) is 8.28. The van der Waals surface area contributed by atoms with Gasteiger partial charge in [0.25, 0.3) is 0 Å². The molecule has 4 rings (SSSR count). The molecule has 24 heavy (non-hydrogen) atoms. The number of likely N-dealkylation sites (N-methyl/N-ethyl adjacent to an activating group) is 1. The topological polar surface area (TPSA) is 72.8 Å². The van der Waals surface area contributed by atoms with Gasteiger partial charge in [0.05, 0.1) is 11.5 Å². The Kier molecular flexibility index (Phi) is 3.71. The number of carbonyl (C=O) groups excluding carboxylic acids is 1. The molecule has 2 fully saturated rings. The third-order valence-corrected chi connectivity index (χ3v) is 6.50. The number of nitrogens with zero attached hydrogens (tertiary/aromatic N) is 1. The second kappa shape index (κ2) is 5.55. The Labute approximate surface area is 142 Å². The molecule has 130 valence electrons. The van der Waals surface area contributed by atoms with Crippen molar-refractivity contribution in [3.63, 3.8) is 0 Å². The maximum Gasteiger partial charge on any atom is 0.239 e. The van der Waals surface area contributed by atoms with E-state index in [9.17, 15) is 15.0 Å². The van der Waals surface area contributed by atoms with Crippen molar-refractivity contribution in [2.24, 2.45) is 11.8 Å². The first-order valence-electron chi connectivity index (χ1n) is 8.91. The molecule has 5 nitrogen and oxygen atoms in total. The number of nitrogens with one attached hydrogen (secondary N) is 1. The van der Waals surface area contributed by atoms with E-state index in [1.165, 1.54) is 0 Å². The van der Waals surface area contributed by atoms with Crippen LogP contribution in [0.15, 0.2) is 24.3 Å². The van der Waals surface area contributed by atoms with Crippen LogP contribution in [0.2, 0.25) is 0 Å². The molecule has 3 N–H and O–H groups in total. The molecule has 1 aromatic carbocycles. The van der Waals surface area contributed by atoms with E-state index in [0.717, 1.165) is 24.1 Å². The molecule has 5 heteroatoms. The fraction of sp³-hybridized carbons (Fsp3) is 0.632. The van der Waals surface area contributed by atoms with Gasteiger partial charge in [-0.05, 0) is 43.7 Å². The molecule has 0 aromatic heterocycles. The second-order valence-electron chi connectivity index (χ2n) is 7.81. The number of piperidine rings is 1. The lowest BCUT2D eigenvalue weighted by molar-refractivity contribution is -0.123. The van der Waals surface area contributed by atoms with Crippen molar-refractivity contribution in [3.05, 3.63) is 29.8 Å². The van der Waals surface area contributed by atoms with Crippen LogP contribution in [-0.4, -0.2) is 48.0 Å². The zero-order valence-corrected chi connectivity index (χ0v) is 14.3. The first-order valence-corrected chi connectivity index (χ1v) is 8.91. The van der Waals surface area contributed by atoms with Crippen LogP contribution in [0.4, 0.5) is 5.69 Å². The largest absolute Gasteiger partial charge is 0.396 e. The van der Waals surface area contributed by atoms with Crippen LogP contribution in [0.25, 0.3) is 0 Å². The molecule has 3 aliphatic rings. The summed E-state index contributed by atoms with van der Waals surface area (Å²) in [5, 5.41) is 23.4. The summed E-state index contributed by atoms with van der Waals surface area (Å²) in [6.07, 6.45) is 1.86. The number of para-hydroxylation sites is 1. The van der Waals surface area contributed by atoms with Crippen molar-refractivity contribution in [3.8, 4) is 0 Å². The zero-order valence-electron chi connectivity index (χ0n) is 14.3. The Bertz CT molecular complexity index is 662. The highest BCUT2D eigenvalue weighted by Gasteiger charge is 2.62. The van der Waals surface area contributed by atoms with Gasteiger partial charge in [-0.25, -0.2) is 0 Å². The standard InChI is InChI=1S/C19H26N2O3/c1-11(23)7-12-8-17-19(9-15(20-17)13(12)10-22)14-5-3-4-6-16(14)21(2)18(19)24/h3-6,11-13,15,17,20,22-23H,7-10H2,1-2H3/t11-,12+,13+,15-,17-,19-/m0/s1. The third kappa shape index (κ3) is 2.01. The number of rotatable bonds is 3. The van der Waals surface area contributed by atoms with Crippen LogP contribution >= 0.6 is 0 Å². The maximum absolute atomic E-state index is 13.2. The molecule has 1 aromatic rings. The van der Waals surface area contributed by atoms with E-state index >= 15 is 0 Å². The van der Waals surface area contributed by atoms with Gasteiger partial charge in [0.15, 0.2) is 0 Å². The molecule has 1 spiro atoms. The number of aliphatic hydroxyl groups is 2. The van der Waals surface area contributed by atoms with Crippen LogP contribution in [-0.2, 0) is 10.2 Å².